The number of fused-ring (bicyclic) bond motifs is 3. The van der Waals surface area contributed by atoms with E-state index in [0.717, 1.165) is 12.2 Å². The molecule has 1 aliphatic heterocycles. The average molecular weight is 486 g/mol. The van der Waals surface area contributed by atoms with Crippen LogP contribution in [0.15, 0.2) is 35.4 Å². The summed E-state index contributed by atoms with van der Waals surface area (Å²) < 4.78 is 5.70. The molecule has 0 amide bonds. The fraction of sp³-hybridized carbons (Fsp3) is 0.480. The van der Waals surface area contributed by atoms with Crippen molar-refractivity contribution in [3.05, 3.63) is 52.1 Å². The van der Waals surface area contributed by atoms with Crippen molar-refractivity contribution < 1.29 is 49.8 Å². The molecule has 0 bridgehead atoms. The summed E-state index contributed by atoms with van der Waals surface area (Å²) in [5.74, 6) is -3.30. The normalized spacial score (nSPS) is 40.9. The van der Waals surface area contributed by atoms with E-state index in [1.807, 2.05) is 0 Å². The number of benzene rings is 1. The van der Waals surface area contributed by atoms with Gasteiger partial charge in [-0.3, -0.25) is 14.4 Å². The van der Waals surface area contributed by atoms with Crippen molar-refractivity contribution in [2.75, 3.05) is 0 Å². The summed E-state index contributed by atoms with van der Waals surface area (Å²) in [4.78, 5) is 40.0. The molecule has 0 radical (unpaired) electrons. The van der Waals surface area contributed by atoms with Crippen LogP contribution in [0.3, 0.4) is 0 Å². The van der Waals surface area contributed by atoms with E-state index in [4.69, 9.17) is 4.74 Å². The highest BCUT2D eigenvalue weighted by atomic mass is 16.5. The van der Waals surface area contributed by atoms with Crippen LogP contribution in [-0.2, 0) is 9.53 Å². The first-order valence-electron chi connectivity index (χ1n) is 11.3. The molecule has 6 N–H and O–H groups in total. The van der Waals surface area contributed by atoms with Gasteiger partial charge in [-0.1, -0.05) is 12.1 Å². The molecule has 1 saturated heterocycles. The van der Waals surface area contributed by atoms with Crippen molar-refractivity contribution in [2.45, 2.75) is 74.3 Å². The lowest BCUT2D eigenvalue weighted by atomic mass is 9.57. The second-order valence-corrected chi connectivity index (χ2v) is 10.2. The zero-order chi connectivity index (χ0) is 25.7. The lowest BCUT2D eigenvalue weighted by Gasteiger charge is -2.51. The molecule has 7 atom stereocenters. The van der Waals surface area contributed by atoms with Gasteiger partial charge in [0.2, 0.25) is 0 Å². The standard InChI is InChI=1S/C25H26O10/c1-10-19(28)14(26)7-15(35-10)11-3-4-12-17(20(11)29)21(30)13-5-6-24(33)9-23(2,32)8-16(27)25(24,34)18(13)22(12)31/h3-6,10,14-15,19,26,28-29,32-34H,7-9H2,1-2H3/t10?,14-,15-,19-,23+,24-,25+/m1/s1. The number of phenols is 1. The maximum Gasteiger partial charge on any atom is 0.198 e. The molecule has 5 rings (SSSR count). The minimum absolute atomic E-state index is 0.0605. The summed E-state index contributed by atoms with van der Waals surface area (Å²) in [6, 6.07) is 2.60. The molecule has 1 aromatic carbocycles. The van der Waals surface area contributed by atoms with Crippen molar-refractivity contribution >= 4 is 17.3 Å². The van der Waals surface area contributed by atoms with Crippen molar-refractivity contribution in [3.8, 4) is 5.75 Å². The molecule has 10 heteroatoms. The highest BCUT2D eigenvalue weighted by Gasteiger charge is 2.66. The first-order valence-corrected chi connectivity index (χ1v) is 11.3. The SMILES string of the molecule is CC1O[C@@H](c2ccc3c(c2O)C(=O)C2=C(C3=O)[C@@]3(O)C(=O)C[C@](C)(O)C[C@]3(O)C=C2)C[C@@H](O)[C@@H]1O. The lowest BCUT2D eigenvalue weighted by Crippen LogP contribution is -2.69. The van der Waals surface area contributed by atoms with Crippen molar-refractivity contribution in [3.63, 3.8) is 0 Å². The molecule has 1 saturated carbocycles. The zero-order valence-electron chi connectivity index (χ0n) is 19.1. The number of hydrogen-bond donors (Lipinski definition) is 6. The van der Waals surface area contributed by atoms with Gasteiger partial charge in [-0.05, 0) is 26.0 Å². The number of allylic oxidation sites excluding steroid dienone is 2. The highest BCUT2D eigenvalue weighted by Crippen LogP contribution is 2.51. The number of ether oxygens (including phenoxy) is 1. The number of carbonyl (C=O) groups excluding carboxylic acids is 3. The van der Waals surface area contributed by atoms with Crippen molar-refractivity contribution in [1.29, 1.82) is 0 Å². The molecule has 186 valence electrons. The molecule has 0 spiro atoms. The number of carbonyl (C=O) groups is 3. The van der Waals surface area contributed by atoms with E-state index in [-0.39, 0.29) is 28.7 Å². The number of Topliss-reactive ketones (excluding diaryl/α,β-unsaturated/α-hetero) is 3. The average Bonchev–Trinajstić information content (AvgIpc) is 2.75. The Bertz CT molecular complexity index is 1230. The van der Waals surface area contributed by atoms with Gasteiger partial charge in [-0.2, -0.15) is 0 Å². The van der Waals surface area contributed by atoms with E-state index in [1.54, 1.807) is 6.92 Å². The van der Waals surface area contributed by atoms with E-state index >= 15 is 0 Å². The monoisotopic (exact) mass is 486 g/mol. The Balaban J connectivity index is 1.62. The maximum absolute atomic E-state index is 13.5. The highest BCUT2D eigenvalue weighted by molar-refractivity contribution is 6.31. The molecule has 35 heavy (non-hydrogen) atoms. The van der Waals surface area contributed by atoms with Gasteiger partial charge in [-0.25, -0.2) is 0 Å². The number of aromatic hydroxyl groups is 1. The van der Waals surface area contributed by atoms with Gasteiger partial charge >= 0.3 is 0 Å². The van der Waals surface area contributed by atoms with Crippen LogP contribution in [-0.4, -0.2) is 83.1 Å². The van der Waals surface area contributed by atoms with E-state index in [1.165, 1.54) is 19.1 Å². The third kappa shape index (κ3) is 3.15. The fourth-order valence-corrected chi connectivity index (χ4v) is 5.82. The fourth-order valence-electron chi connectivity index (χ4n) is 5.82. The largest absolute Gasteiger partial charge is 0.507 e. The van der Waals surface area contributed by atoms with Crippen LogP contribution < -0.4 is 0 Å². The maximum atomic E-state index is 13.5. The summed E-state index contributed by atoms with van der Waals surface area (Å²) in [5, 5.41) is 64.1. The number of hydrogen-bond acceptors (Lipinski definition) is 10. The van der Waals surface area contributed by atoms with Crippen LogP contribution in [0.5, 0.6) is 5.75 Å². The van der Waals surface area contributed by atoms with Crippen LogP contribution in [0.1, 0.15) is 65.5 Å². The third-order valence-corrected chi connectivity index (χ3v) is 7.59. The molecule has 4 aliphatic rings. The Morgan fingerprint density at radius 1 is 1.06 bits per heavy atom. The molecule has 10 nitrogen and oxygen atoms in total. The Morgan fingerprint density at radius 3 is 2.40 bits per heavy atom. The van der Waals surface area contributed by atoms with E-state index < -0.39 is 82.7 Å². The number of ketones is 3. The molecule has 1 aromatic rings. The summed E-state index contributed by atoms with van der Waals surface area (Å²) in [6.45, 7) is 2.88. The summed E-state index contributed by atoms with van der Waals surface area (Å²) in [5.41, 5.74) is -8.12. The number of phenolic OH excluding ortho intramolecular Hbond substituents is 1. The molecule has 1 unspecified atom stereocenters. The quantitative estimate of drug-likeness (QED) is 0.311. The van der Waals surface area contributed by atoms with E-state index in [2.05, 4.69) is 0 Å². The minimum atomic E-state index is -2.75. The third-order valence-electron chi connectivity index (χ3n) is 7.59. The van der Waals surface area contributed by atoms with Gasteiger partial charge in [0.1, 0.15) is 17.5 Å². The predicted molar refractivity (Wildman–Crippen MR) is 118 cm³/mol. The molecule has 0 aromatic heterocycles. The molecular weight excluding hydrogens is 460 g/mol. The van der Waals surface area contributed by atoms with E-state index in [0.29, 0.717) is 0 Å². The first-order chi connectivity index (χ1) is 16.2. The second-order valence-electron chi connectivity index (χ2n) is 10.2. The van der Waals surface area contributed by atoms with Crippen LogP contribution in [0, 0.1) is 0 Å². The van der Waals surface area contributed by atoms with Gasteiger partial charge in [0.25, 0.3) is 0 Å². The predicted octanol–water partition coefficient (Wildman–Crippen LogP) is -0.215. The number of rotatable bonds is 1. The van der Waals surface area contributed by atoms with Gasteiger partial charge in [0.15, 0.2) is 23.0 Å². The number of aliphatic hydroxyl groups excluding tert-OH is 2. The minimum Gasteiger partial charge on any atom is -0.507 e. The Hall–Kier alpha value is -2.73. The van der Waals surface area contributed by atoms with Crippen molar-refractivity contribution in [1.82, 2.24) is 0 Å². The van der Waals surface area contributed by atoms with Gasteiger partial charge in [-0.15, -0.1) is 0 Å². The van der Waals surface area contributed by atoms with E-state index in [9.17, 15) is 45.0 Å². The lowest BCUT2D eigenvalue weighted by molar-refractivity contribution is -0.183. The van der Waals surface area contributed by atoms with Crippen LogP contribution >= 0.6 is 0 Å². The Morgan fingerprint density at radius 2 is 1.74 bits per heavy atom. The van der Waals surface area contributed by atoms with Gasteiger partial charge < -0.3 is 35.4 Å². The summed E-state index contributed by atoms with van der Waals surface area (Å²) in [6.07, 6.45) is -2.78. The van der Waals surface area contributed by atoms with Crippen LogP contribution in [0.4, 0.5) is 0 Å². The first kappa shape index (κ1) is 24.0. The topological polar surface area (TPSA) is 182 Å². The summed E-state index contributed by atoms with van der Waals surface area (Å²) >= 11 is 0. The molecular formula is C25H26O10. The summed E-state index contributed by atoms with van der Waals surface area (Å²) in [7, 11) is 0. The molecule has 3 aliphatic carbocycles. The number of aliphatic hydroxyl groups is 5. The molecule has 1 heterocycles. The van der Waals surface area contributed by atoms with Crippen LogP contribution in [0.2, 0.25) is 0 Å². The Kier molecular flexibility index (Phi) is 5.06. The smallest absolute Gasteiger partial charge is 0.198 e. The van der Waals surface area contributed by atoms with Gasteiger partial charge in [0, 0.05) is 36.0 Å². The Labute approximate surface area is 199 Å². The zero-order valence-corrected chi connectivity index (χ0v) is 19.1. The van der Waals surface area contributed by atoms with Gasteiger partial charge in [0.05, 0.1) is 35.0 Å². The molecule has 2 fully saturated rings. The van der Waals surface area contributed by atoms with Crippen LogP contribution in [0.25, 0.3) is 0 Å². The second kappa shape index (κ2) is 7.39. The van der Waals surface area contributed by atoms with Crippen molar-refractivity contribution in [2.24, 2.45) is 0 Å².